The van der Waals surface area contributed by atoms with Crippen LogP contribution in [0.1, 0.15) is 71.5 Å². The van der Waals surface area contributed by atoms with Crippen molar-refractivity contribution in [2.45, 2.75) is 44.6 Å². The average molecular weight is 573 g/mol. The van der Waals surface area contributed by atoms with Gasteiger partial charge in [-0.2, -0.15) is 0 Å². The van der Waals surface area contributed by atoms with Gasteiger partial charge in [-0.05, 0) is 50.7 Å². The van der Waals surface area contributed by atoms with E-state index in [4.69, 9.17) is 30.5 Å². The molecule has 204 valence electrons. The normalized spacial score (nSPS) is 21.2. The van der Waals surface area contributed by atoms with E-state index in [0.29, 0.717) is 46.4 Å². The number of amidine groups is 1. The van der Waals surface area contributed by atoms with E-state index in [2.05, 4.69) is 15.3 Å². The second kappa shape index (κ2) is 11.7. The molecule has 2 aliphatic rings. The van der Waals surface area contributed by atoms with Crippen LogP contribution in [0, 0.1) is 11.7 Å². The molecule has 1 saturated carbocycles. The maximum atomic E-state index is 13.9. The number of halogens is 2. The molecule has 1 unspecified atom stereocenters. The van der Waals surface area contributed by atoms with Crippen molar-refractivity contribution in [2.24, 2.45) is 10.9 Å². The number of oxazole rings is 1. The van der Waals surface area contributed by atoms with Gasteiger partial charge in [0.2, 0.25) is 0 Å². The van der Waals surface area contributed by atoms with E-state index >= 15 is 0 Å². The van der Waals surface area contributed by atoms with Crippen LogP contribution >= 0.6 is 22.9 Å². The Bertz CT molecular complexity index is 1430. The van der Waals surface area contributed by atoms with Gasteiger partial charge in [-0.1, -0.05) is 17.7 Å². The molecule has 1 aliphatic heterocycles. The predicted molar refractivity (Wildman–Crippen MR) is 142 cm³/mol. The third-order valence-corrected chi connectivity index (χ3v) is 7.97. The van der Waals surface area contributed by atoms with Gasteiger partial charge in [-0.15, -0.1) is 11.3 Å². The Morgan fingerprint density at radius 1 is 1.21 bits per heavy atom. The highest BCUT2D eigenvalue weighted by Crippen LogP contribution is 2.43. The zero-order valence-electron chi connectivity index (χ0n) is 21.3. The van der Waals surface area contributed by atoms with E-state index in [9.17, 15) is 14.0 Å². The molecule has 0 bridgehead atoms. The topological polar surface area (TPSA) is 116 Å². The first kappa shape index (κ1) is 27.0. The van der Waals surface area contributed by atoms with E-state index in [1.165, 1.54) is 36.8 Å². The van der Waals surface area contributed by atoms with Gasteiger partial charge in [-0.25, -0.2) is 23.9 Å². The smallest absolute Gasteiger partial charge is 0.360 e. The number of aliphatic imine (C=N–C) groups is 1. The first-order chi connectivity index (χ1) is 18.9. The Morgan fingerprint density at radius 2 is 1.97 bits per heavy atom. The second-order valence-electron chi connectivity index (χ2n) is 9.17. The van der Waals surface area contributed by atoms with Crippen molar-refractivity contribution < 1.29 is 27.9 Å². The molecular formula is C27H26ClFN4O5S. The summed E-state index contributed by atoms with van der Waals surface area (Å²) in [5.74, 6) is -0.558. The Morgan fingerprint density at radius 3 is 2.64 bits per heavy atom. The predicted octanol–water partition coefficient (Wildman–Crippen LogP) is 5.59. The second-order valence-corrected chi connectivity index (χ2v) is 10.5. The molecule has 0 spiro atoms. The van der Waals surface area contributed by atoms with Gasteiger partial charge in [0, 0.05) is 33.8 Å². The number of rotatable bonds is 7. The number of methoxy groups -OCH3 is 1. The summed E-state index contributed by atoms with van der Waals surface area (Å²) < 4.78 is 29.7. The Kier molecular flexibility index (Phi) is 8.08. The number of hydrogen-bond donors (Lipinski definition) is 1. The van der Waals surface area contributed by atoms with E-state index in [1.807, 2.05) is 5.38 Å². The number of aromatic nitrogens is 2. The Balaban J connectivity index is 1.50. The van der Waals surface area contributed by atoms with Crippen molar-refractivity contribution in [1.29, 1.82) is 0 Å². The van der Waals surface area contributed by atoms with Gasteiger partial charge >= 0.3 is 11.9 Å². The summed E-state index contributed by atoms with van der Waals surface area (Å²) in [7, 11) is 1.30. The number of thiazole rings is 1. The summed E-state index contributed by atoms with van der Waals surface area (Å²) in [6.45, 7) is 1.92. The average Bonchev–Trinajstić information content (AvgIpc) is 3.65. The minimum Gasteiger partial charge on any atom is -0.464 e. The van der Waals surface area contributed by atoms with E-state index < -0.39 is 23.8 Å². The monoisotopic (exact) mass is 572 g/mol. The summed E-state index contributed by atoms with van der Waals surface area (Å²) in [6.07, 6.45) is 5.85. The molecule has 1 N–H and O–H groups in total. The van der Waals surface area contributed by atoms with Gasteiger partial charge < -0.3 is 19.2 Å². The number of hydrogen-bond acceptors (Lipinski definition) is 10. The van der Waals surface area contributed by atoms with Crippen molar-refractivity contribution in [3.05, 3.63) is 80.3 Å². The van der Waals surface area contributed by atoms with Crippen molar-refractivity contribution in [2.75, 3.05) is 13.7 Å². The maximum absolute atomic E-state index is 13.9. The molecule has 12 heteroatoms. The molecule has 0 saturated heterocycles. The fourth-order valence-corrected chi connectivity index (χ4v) is 5.88. The summed E-state index contributed by atoms with van der Waals surface area (Å²) >= 11 is 7.88. The van der Waals surface area contributed by atoms with Crippen LogP contribution in [-0.2, 0) is 14.3 Å². The van der Waals surface area contributed by atoms with Crippen LogP contribution in [0.25, 0.3) is 0 Å². The number of ether oxygens (including phenoxy) is 2. The number of allylic oxidation sites excluding steroid dienone is 1. The van der Waals surface area contributed by atoms with E-state index in [1.54, 1.807) is 19.2 Å². The Labute approximate surface area is 233 Å². The number of esters is 2. The van der Waals surface area contributed by atoms with Crippen molar-refractivity contribution in [1.82, 2.24) is 15.3 Å². The molecule has 1 aromatic carbocycles. The molecule has 3 aromatic rings. The number of carbonyl (C=O) groups excluding carboxylic acids is 2. The molecule has 1 aliphatic carbocycles. The third kappa shape index (κ3) is 5.60. The molecule has 39 heavy (non-hydrogen) atoms. The molecule has 2 aromatic heterocycles. The zero-order valence-corrected chi connectivity index (χ0v) is 22.9. The van der Waals surface area contributed by atoms with Gasteiger partial charge in [0.15, 0.2) is 22.4 Å². The summed E-state index contributed by atoms with van der Waals surface area (Å²) in [5.41, 5.74) is 1.68. The zero-order chi connectivity index (χ0) is 27.5. The van der Waals surface area contributed by atoms with Crippen LogP contribution in [0.4, 0.5) is 4.39 Å². The number of nitrogens with zero attached hydrogens (tertiary/aromatic N) is 3. The van der Waals surface area contributed by atoms with Crippen molar-refractivity contribution in [3.8, 4) is 0 Å². The van der Waals surface area contributed by atoms with Gasteiger partial charge in [0.05, 0.1) is 19.3 Å². The SMILES string of the molecule is CCOC(=O)C1=C([C@H]2CC[C@@H](c3nc(C(=O)OC)co3)CC2)NC(c2nccs2)=NC1c1ccc(F)cc1Cl. The highest BCUT2D eigenvalue weighted by molar-refractivity contribution is 7.11. The highest BCUT2D eigenvalue weighted by Gasteiger charge is 2.38. The van der Waals surface area contributed by atoms with Crippen LogP contribution < -0.4 is 5.32 Å². The first-order valence-electron chi connectivity index (χ1n) is 12.5. The van der Waals surface area contributed by atoms with Crippen LogP contribution in [0.5, 0.6) is 0 Å². The molecule has 0 radical (unpaired) electrons. The lowest BCUT2D eigenvalue weighted by atomic mass is 9.78. The summed E-state index contributed by atoms with van der Waals surface area (Å²) in [4.78, 5) is 38.7. The molecule has 1 fully saturated rings. The maximum Gasteiger partial charge on any atom is 0.360 e. The van der Waals surface area contributed by atoms with Crippen molar-refractivity contribution >= 4 is 40.7 Å². The summed E-state index contributed by atoms with van der Waals surface area (Å²) in [5, 5.41) is 6.05. The molecule has 9 nitrogen and oxygen atoms in total. The number of benzene rings is 1. The lowest BCUT2D eigenvalue weighted by molar-refractivity contribution is -0.139. The molecule has 3 heterocycles. The first-order valence-corrected chi connectivity index (χ1v) is 13.8. The molecule has 1 atom stereocenters. The largest absolute Gasteiger partial charge is 0.464 e. The lowest BCUT2D eigenvalue weighted by Gasteiger charge is -2.34. The Hall–Kier alpha value is -3.57. The van der Waals surface area contributed by atoms with Crippen LogP contribution in [0.15, 0.2) is 56.7 Å². The lowest BCUT2D eigenvalue weighted by Crippen LogP contribution is -2.38. The van der Waals surface area contributed by atoms with E-state index in [0.717, 1.165) is 12.8 Å². The molecule has 5 rings (SSSR count). The van der Waals surface area contributed by atoms with Gasteiger partial charge in [0.1, 0.15) is 18.1 Å². The van der Waals surface area contributed by atoms with E-state index in [-0.39, 0.29) is 29.2 Å². The van der Waals surface area contributed by atoms with Gasteiger partial charge in [-0.3, -0.25) is 4.99 Å². The third-order valence-electron chi connectivity index (χ3n) is 6.86. The standard InChI is InChI=1S/C27H26ClFN4O5S/c1-3-37-27(35)20-21(14-4-6-15(7-5-14)24-31-19(13-38-24)26(34)36-2)32-23(25-30-10-11-39-25)33-22(20)17-9-8-16(29)12-18(17)28/h8-15,22H,3-7H2,1-2H3,(H,32,33)/t14-,15+,22?. The minimum atomic E-state index is -0.806. The molecular weight excluding hydrogens is 547 g/mol. The van der Waals surface area contributed by atoms with Crippen molar-refractivity contribution in [3.63, 3.8) is 0 Å². The minimum absolute atomic E-state index is 0.0179. The molecule has 0 amide bonds. The fraction of sp³-hybridized carbons (Fsp3) is 0.370. The quantitative estimate of drug-likeness (QED) is 0.364. The number of carbonyl (C=O) groups is 2. The van der Waals surface area contributed by atoms with Gasteiger partial charge in [0.25, 0.3) is 0 Å². The number of nitrogens with one attached hydrogen (secondary N) is 1. The summed E-state index contributed by atoms with van der Waals surface area (Å²) in [6, 6.07) is 3.25. The fourth-order valence-electron chi connectivity index (χ4n) is 5.02. The van der Waals surface area contributed by atoms with Crippen LogP contribution in [0.2, 0.25) is 5.02 Å². The van der Waals surface area contributed by atoms with Crippen LogP contribution in [0.3, 0.4) is 0 Å². The highest BCUT2D eigenvalue weighted by atomic mass is 35.5. The van der Waals surface area contributed by atoms with Crippen LogP contribution in [-0.4, -0.2) is 41.5 Å².